The lowest BCUT2D eigenvalue weighted by Crippen LogP contribution is -2.40. The zero-order valence-electron chi connectivity index (χ0n) is 15.1. The van der Waals surface area contributed by atoms with E-state index in [0.29, 0.717) is 13.2 Å². The maximum Gasteiger partial charge on any atom is 0.302 e. The van der Waals surface area contributed by atoms with Crippen LogP contribution < -0.4 is 0 Å². The van der Waals surface area contributed by atoms with Crippen LogP contribution in [-0.4, -0.2) is 61.3 Å². The molecule has 0 bridgehead atoms. The largest absolute Gasteiger partial charge is 0.466 e. The molecule has 3 heterocycles. The minimum Gasteiger partial charge on any atom is -0.466 e. The second kappa shape index (κ2) is 6.53. The fourth-order valence-corrected chi connectivity index (χ4v) is 3.62. The van der Waals surface area contributed by atoms with E-state index in [4.69, 9.17) is 28.4 Å². The van der Waals surface area contributed by atoms with Gasteiger partial charge in [-0.3, -0.25) is 4.79 Å². The van der Waals surface area contributed by atoms with E-state index in [1.54, 1.807) is 0 Å². The molecule has 5 atom stereocenters. The summed E-state index contributed by atoms with van der Waals surface area (Å²) in [6.45, 7) is 9.89. The molecule has 0 amide bonds. The molecule has 0 aromatic carbocycles. The molecule has 3 rings (SSSR count). The van der Waals surface area contributed by atoms with Crippen LogP contribution in [0.25, 0.3) is 0 Å². The van der Waals surface area contributed by atoms with Crippen molar-refractivity contribution >= 4 is 5.97 Å². The molecule has 3 fully saturated rings. The summed E-state index contributed by atoms with van der Waals surface area (Å²) in [6, 6.07) is 0. The second-order valence-electron chi connectivity index (χ2n) is 7.55. The van der Waals surface area contributed by atoms with Crippen LogP contribution in [0.15, 0.2) is 0 Å². The van der Waals surface area contributed by atoms with Gasteiger partial charge in [-0.2, -0.15) is 0 Å². The van der Waals surface area contributed by atoms with Gasteiger partial charge in [0.1, 0.15) is 24.4 Å². The van der Waals surface area contributed by atoms with Crippen LogP contribution in [0.4, 0.5) is 0 Å². The Kier molecular flexibility index (Phi) is 4.92. The van der Waals surface area contributed by atoms with Gasteiger partial charge < -0.3 is 28.4 Å². The molecule has 24 heavy (non-hydrogen) atoms. The van der Waals surface area contributed by atoms with Crippen molar-refractivity contribution in [3.63, 3.8) is 0 Å². The zero-order chi connectivity index (χ0) is 17.5. The Labute approximate surface area is 142 Å². The average molecular weight is 344 g/mol. The fraction of sp³-hybridized carbons (Fsp3) is 0.941. The first kappa shape index (κ1) is 18.1. The minimum atomic E-state index is -0.638. The van der Waals surface area contributed by atoms with Crippen molar-refractivity contribution in [3.8, 4) is 0 Å². The molecule has 0 spiro atoms. The summed E-state index contributed by atoms with van der Waals surface area (Å²) in [5.41, 5.74) is 0. The summed E-state index contributed by atoms with van der Waals surface area (Å²) >= 11 is 0. The summed E-state index contributed by atoms with van der Waals surface area (Å²) in [4.78, 5) is 10.9. The first-order valence-electron chi connectivity index (χ1n) is 8.63. The van der Waals surface area contributed by atoms with E-state index in [-0.39, 0.29) is 36.5 Å². The maximum absolute atomic E-state index is 10.9. The van der Waals surface area contributed by atoms with Crippen molar-refractivity contribution in [1.82, 2.24) is 0 Å². The van der Waals surface area contributed by atoms with E-state index >= 15 is 0 Å². The van der Waals surface area contributed by atoms with Crippen molar-refractivity contribution in [2.24, 2.45) is 0 Å². The molecular weight excluding hydrogens is 316 g/mol. The predicted molar refractivity (Wildman–Crippen MR) is 83.3 cm³/mol. The van der Waals surface area contributed by atoms with Gasteiger partial charge in [0.25, 0.3) is 0 Å². The van der Waals surface area contributed by atoms with Gasteiger partial charge in [0, 0.05) is 6.92 Å². The summed E-state index contributed by atoms with van der Waals surface area (Å²) in [7, 11) is 0. The number of hydrogen-bond acceptors (Lipinski definition) is 7. The Morgan fingerprint density at radius 3 is 2.38 bits per heavy atom. The predicted octanol–water partition coefficient (Wildman–Crippen LogP) is 1.77. The van der Waals surface area contributed by atoms with Crippen LogP contribution in [0, 0.1) is 0 Å². The monoisotopic (exact) mass is 344 g/mol. The Hall–Kier alpha value is -0.730. The summed E-state index contributed by atoms with van der Waals surface area (Å²) in [5.74, 6) is -1.51. The molecule has 0 N–H and O–H groups in total. The average Bonchev–Trinajstić information content (AvgIpc) is 3.06. The molecule has 7 nitrogen and oxygen atoms in total. The molecule has 0 saturated carbocycles. The van der Waals surface area contributed by atoms with Gasteiger partial charge in [0.05, 0.1) is 19.3 Å². The van der Waals surface area contributed by atoms with E-state index in [2.05, 4.69) is 0 Å². The third kappa shape index (κ3) is 3.91. The van der Waals surface area contributed by atoms with Gasteiger partial charge >= 0.3 is 5.97 Å². The Bertz CT molecular complexity index is 476. The molecule has 0 aliphatic carbocycles. The number of rotatable bonds is 5. The summed E-state index contributed by atoms with van der Waals surface area (Å²) < 4.78 is 35.0. The highest BCUT2D eigenvalue weighted by molar-refractivity contribution is 5.65. The third-order valence-corrected chi connectivity index (χ3v) is 4.52. The third-order valence-electron chi connectivity index (χ3n) is 4.52. The lowest BCUT2D eigenvalue weighted by Gasteiger charge is -2.27. The van der Waals surface area contributed by atoms with Gasteiger partial charge in [0.2, 0.25) is 0 Å². The van der Waals surface area contributed by atoms with Crippen LogP contribution in [0.3, 0.4) is 0 Å². The minimum absolute atomic E-state index is 0.107. The van der Waals surface area contributed by atoms with Gasteiger partial charge in [-0.05, 0) is 40.5 Å². The first-order valence-corrected chi connectivity index (χ1v) is 8.63. The first-order chi connectivity index (χ1) is 11.2. The van der Waals surface area contributed by atoms with Crippen LogP contribution in [0.1, 0.15) is 47.5 Å². The quantitative estimate of drug-likeness (QED) is 0.556. The highest BCUT2D eigenvalue weighted by Crippen LogP contribution is 2.43. The van der Waals surface area contributed by atoms with Gasteiger partial charge in [-0.25, -0.2) is 0 Å². The molecule has 0 aromatic heterocycles. The smallest absolute Gasteiger partial charge is 0.302 e. The number of carbonyl (C=O) groups is 1. The summed E-state index contributed by atoms with van der Waals surface area (Å²) in [5, 5.41) is 0. The maximum atomic E-state index is 10.9. The van der Waals surface area contributed by atoms with Gasteiger partial charge in [0.15, 0.2) is 11.6 Å². The normalized spacial score (nSPS) is 39.8. The lowest BCUT2D eigenvalue weighted by molar-refractivity contribution is -0.207. The highest BCUT2D eigenvalue weighted by atomic mass is 16.8. The highest BCUT2D eigenvalue weighted by Gasteiger charge is 2.58. The van der Waals surface area contributed by atoms with Crippen molar-refractivity contribution < 1.29 is 33.2 Å². The molecule has 3 saturated heterocycles. The van der Waals surface area contributed by atoms with Crippen LogP contribution >= 0.6 is 0 Å². The SMILES string of the molecule is CC(=O)OCCC[C@H]1O[C@H]([C@H]2COC(C)(C)O2)[C@@H]2OC(C)(C)O[C@@H]21. The second-order valence-corrected chi connectivity index (χ2v) is 7.55. The van der Waals surface area contributed by atoms with E-state index in [1.165, 1.54) is 6.92 Å². The molecule has 3 aliphatic rings. The number of fused-ring (bicyclic) bond motifs is 1. The van der Waals surface area contributed by atoms with Crippen molar-refractivity contribution in [2.75, 3.05) is 13.2 Å². The van der Waals surface area contributed by atoms with Gasteiger partial charge in [-0.1, -0.05) is 0 Å². The number of hydrogen-bond donors (Lipinski definition) is 0. The van der Waals surface area contributed by atoms with E-state index in [0.717, 1.165) is 12.8 Å². The molecule has 0 aromatic rings. The van der Waals surface area contributed by atoms with E-state index in [9.17, 15) is 4.79 Å². The molecule has 0 unspecified atom stereocenters. The topological polar surface area (TPSA) is 72.5 Å². The van der Waals surface area contributed by atoms with Crippen LogP contribution in [0.2, 0.25) is 0 Å². The number of esters is 1. The zero-order valence-corrected chi connectivity index (χ0v) is 15.1. The Morgan fingerprint density at radius 1 is 1.04 bits per heavy atom. The Morgan fingerprint density at radius 2 is 1.75 bits per heavy atom. The fourth-order valence-electron chi connectivity index (χ4n) is 3.62. The molecule has 3 aliphatic heterocycles. The van der Waals surface area contributed by atoms with Crippen molar-refractivity contribution in [3.05, 3.63) is 0 Å². The van der Waals surface area contributed by atoms with E-state index < -0.39 is 11.6 Å². The Balaban J connectivity index is 1.63. The van der Waals surface area contributed by atoms with Crippen molar-refractivity contribution in [2.45, 2.75) is 89.6 Å². The van der Waals surface area contributed by atoms with Crippen LogP contribution in [-0.2, 0) is 33.2 Å². The van der Waals surface area contributed by atoms with Crippen molar-refractivity contribution in [1.29, 1.82) is 0 Å². The molecule has 7 heteroatoms. The molecule has 0 radical (unpaired) electrons. The van der Waals surface area contributed by atoms with Gasteiger partial charge in [-0.15, -0.1) is 0 Å². The number of ether oxygens (including phenoxy) is 6. The van der Waals surface area contributed by atoms with Crippen LogP contribution in [0.5, 0.6) is 0 Å². The summed E-state index contributed by atoms with van der Waals surface area (Å²) in [6.07, 6.45) is 0.625. The van der Waals surface area contributed by atoms with E-state index in [1.807, 2.05) is 27.7 Å². The lowest BCUT2D eigenvalue weighted by atomic mass is 10.0. The molecule has 138 valence electrons. The number of carbonyl (C=O) groups excluding carboxylic acids is 1. The molecular formula is C17H28O7. The standard InChI is InChI=1S/C17H28O7/c1-10(18)19-8-6-7-11-14-15(24-17(4,5)23-14)13(21-11)12-9-20-16(2,3)22-12/h11-15H,6-9H2,1-5H3/t11-,12-,13-,14-,15+/m1/s1.